The highest BCUT2D eigenvalue weighted by atomic mass is 35.5. The molecule has 1 amide bonds. The summed E-state index contributed by atoms with van der Waals surface area (Å²) in [7, 11) is 0. The second kappa shape index (κ2) is 8.08. The zero-order chi connectivity index (χ0) is 19.6. The van der Waals surface area contributed by atoms with Gasteiger partial charge in [0.05, 0.1) is 16.7 Å². The molecule has 1 aromatic heterocycles. The summed E-state index contributed by atoms with van der Waals surface area (Å²) in [5, 5.41) is 13.2. The molecule has 2 heterocycles. The first kappa shape index (κ1) is 19.3. The van der Waals surface area contributed by atoms with Gasteiger partial charge < -0.3 is 15.2 Å². The van der Waals surface area contributed by atoms with E-state index in [4.69, 9.17) is 16.3 Å². The summed E-state index contributed by atoms with van der Waals surface area (Å²) in [4.78, 5) is 38.2. The minimum absolute atomic E-state index is 0.0560. The van der Waals surface area contributed by atoms with Crippen molar-refractivity contribution in [2.45, 2.75) is 38.2 Å². The lowest BCUT2D eigenvalue weighted by molar-refractivity contribution is -0.0187. The lowest BCUT2D eigenvalue weighted by Gasteiger charge is -2.17. The van der Waals surface area contributed by atoms with Crippen LogP contribution in [0, 0.1) is 0 Å². The second-order valence-electron chi connectivity index (χ2n) is 6.30. The van der Waals surface area contributed by atoms with E-state index >= 15 is 0 Å². The molecule has 1 saturated heterocycles. The number of nitrogens with zero attached hydrogens (tertiary/aromatic N) is 1. The number of ether oxygens (including phenoxy) is 1. The molecule has 0 radical (unpaired) electrons. The summed E-state index contributed by atoms with van der Waals surface area (Å²) in [6.45, 7) is 1.86. The van der Waals surface area contributed by atoms with Crippen molar-refractivity contribution >= 4 is 17.5 Å². The Balaban J connectivity index is 1.69. The summed E-state index contributed by atoms with van der Waals surface area (Å²) >= 11 is 6.00. The molecule has 3 atom stereocenters. The third kappa shape index (κ3) is 4.13. The van der Waals surface area contributed by atoms with Gasteiger partial charge in [-0.3, -0.25) is 19.1 Å². The number of aliphatic hydroxyl groups is 1. The molecule has 8 nitrogen and oxygen atoms in total. The predicted octanol–water partition coefficient (Wildman–Crippen LogP) is 0.831. The molecule has 1 aliphatic rings. The number of amides is 1. The Kier molecular flexibility index (Phi) is 5.79. The van der Waals surface area contributed by atoms with Crippen LogP contribution in [-0.4, -0.2) is 39.3 Å². The average Bonchev–Trinajstić information content (AvgIpc) is 3.00. The Morgan fingerprint density at radius 3 is 2.85 bits per heavy atom. The Morgan fingerprint density at radius 2 is 2.15 bits per heavy atom. The van der Waals surface area contributed by atoms with Gasteiger partial charge in [-0.2, -0.15) is 0 Å². The van der Waals surface area contributed by atoms with E-state index in [1.165, 1.54) is 10.8 Å². The van der Waals surface area contributed by atoms with Gasteiger partial charge in [-0.15, -0.1) is 0 Å². The molecular weight excluding hydrogens is 374 g/mol. The van der Waals surface area contributed by atoms with Crippen LogP contribution in [0.15, 0.2) is 40.1 Å². The predicted molar refractivity (Wildman–Crippen MR) is 99.0 cm³/mol. The van der Waals surface area contributed by atoms with Gasteiger partial charge in [0.15, 0.2) is 0 Å². The van der Waals surface area contributed by atoms with E-state index in [0.29, 0.717) is 22.6 Å². The number of carbonyl (C=O) groups excluding carboxylic acids is 1. The van der Waals surface area contributed by atoms with Crippen LogP contribution in [0.3, 0.4) is 0 Å². The minimum atomic E-state index is -0.870. The maximum Gasteiger partial charge on any atom is 0.330 e. The van der Waals surface area contributed by atoms with Gasteiger partial charge in [0, 0.05) is 24.7 Å². The van der Waals surface area contributed by atoms with Gasteiger partial charge in [-0.1, -0.05) is 30.7 Å². The average molecular weight is 394 g/mol. The van der Waals surface area contributed by atoms with Crippen molar-refractivity contribution in [3.8, 4) is 0 Å². The number of hydrogen-bond acceptors (Lipinski definition) is 5. The number of benzene rings is 1. The Morgan fingerprint density at radius 1 is 1.41 bits per heavy atom. The number of aromatic amines is 1. The largest absolute Gasteiger partial charge is 0.390 e. The molecule has 27 heavy (non-hydrogen) atoms. The summed E-state index contributed by atoms with van der Waals surface area (Å²) < 4.78 is 7.00. The maximum atomic E-state index is 12.2. The van der Waals surface area contributed by atoms with E-state index in [1.54, 1.807) is 31.2 Å². The molecule has 0 spiro atoms. The van der Waals surface area contributed by atoms with Crippen molar-refractivity contribution < 1.29 is 14.6 Å². The van der Waals surface area contributed by atoms with Crippen LogP contribution in [0.25, 0.3) is 0 Å². The quantitative estimate of drug-likeness (QED) is 0.696. The van der Waals surface area contributed by atoms with E-state index in [1.807, 2.05) is 0 Å². The molecule has 1 aromatic carbocycles. The number of aliphatic hydroxyl groups excluding tert-OH is 1. The van der Waals surface area contributed by atoms with Crippen LogP contribution in [-0.2, 0) is 11.2 Å². The molecule has 0 saturated carbocycles. The molecule has 0 bridgehead atoms. The highest BCUT2D eigenvalue weighted by Crippen LogP contribution is 2.27. The number of rotatable bonds is 5. The number of aryl methyl sites for hydroxylation is 1. The highest BCUT2D eigenvalue weighted by Gasteiger charge is 2.35. The topological polar surface area (TPSA) is 113 Å². The van der Waals surface area contributed by atoms with Gasteiger partial charge in [-0.05, 0) is 18.6 Å². The fraction of sp³-hybridized carbons (Fsp3) is 0.389. The summed E-state index contributed by atoms with van der Waals surface area (Å²) in [6, 6.07) is 6.63. The third-order valence-electron chi connectivity index (χ3n) is 4.52. The Labute approximate surface area is 159 Å². The SMILES string of the molecule is CCc1cn(C2CC(O)C(CNC(=O)c3ccccc3Cl)O2)c(=O)[nH]c1=O. The van der Waals surface area contributed by atoms with Crippen molar-refractivity contribution in [3.63, 3.8) is 0 Å². The van der Waals surface area contributed by atoms with Gasteiger partial charge in [-0.25, -0.2) is 4.79 Å². The smallest absolute Gasteiger partial charge is 0.330 e. The van der Waals surface area contributed by atoms with Crippen LogP contribution in [0.1, 0.15) is 35.5 Å². The first-order valence-electron chi connectivity index (χ1n) is 8.61. The fourth-order valence-corrected chi connectivity index (χ4v) is 3.22. The molecule has 9 heteroatoms. The number of nitrogens with one attached hydrogen (secondary N) is 2. The normalized spacial score (nSPS) is 22.0. The van der Waals surface area contributed by atoms with Gasteiger partial charge in [0.2, 0.25) is 0 Å². The Hall–Kier alpha value is -2.42. The molecule has 144 valence electrons. The van der Waals surface area contributed by atoms with Crippen LogP contribution in [0.2, 0.25) is 5.02 Å². The first-order valence-corrected chi connectivity index (χ1v) is 8.99. The molecular formula is C18H20ClN3O5. The molecule has 2 aromatic rings. The molecule has 1 fully saturated rings. The third-order valence-corrected chi connectivity index (χ3v) is 4.85. The van der Waals surface area contributed by atoms with E-state index in [0.717, 1.165) is 0 Å². The fourth-order valence-electron chi connectivity index (χ4n) is 3.00. The molecule has 3 rings (SSSR count). The van der Waals surface area contributed by atoms with E-state index < -0.39 is 29.7 Å². The molecule has 3 N–H and O–H groups in total. The number of carbonyl (C=O) groups is 1. The van der Waals surface area contributed by atoms with Crippen molar-refractivity contribution in [1.82, 2.24) is 14.9 Å². The number of halogens is 1. The molecule has 0 aliphatic carbocycles. The van der Waals surface area contributed by atoms with Crippen LogP contribution >= 0.6 is 11.6 Å². The summed E-state index contributed by atoms with van der Waals surface area (Å²) in [5.41, 5.74) is -0.258. The van der Waals surface area contributed by atoms with Crippen molar-refractivity contribution in [2.75, 3.05) is 6.54 Å². The van der Waals surface area contributed by atoms with Crippen molar-refractivity contribution in [3.05, 3.63) is 67.4 Å². The standard InChI is InChI=1S/C18H20ClN3O5/c1-2-10-9-22(18(26)21-16(10)24)15-7-13(23)14(27-15)8-20-17(25)11-5-3-4-6-12(11)19/h3-6,9,13-15,23H,2,7-8H2,1H3,(H,20,25)(H,21,24,26). The van der Waals surface area contributed by atoms with Gasteiger partial charge in [0.1, 0.15) is 12.3 Å². The molecule has 1 aliphatic heterocycles. The number of aromatic nitrogens is 2. The summed E-state index contributed by atoms with van der Waals surface area (Å²) in [5.74, 6) is -0.380. The van der Waals surface area contributed by atoms with Crippen molar-refractivity contribution in [1.29, 1.82) is 0 Å². The zero-order valence-corrected chi connectivity index (χ0v) is 15.4. The van der Waals surface area contributed by atoms with Crippen LogP contribution in [0.5, 0.6) is 0 Å². The maximum absolute atomic E-state index is 12.2. The van der Waals surface area contributed by atoms with Crippen LogP contribution in [0.4, 0.5) is 0 Å². The zero-order valence-electron chi connectivity index (χ0n) is 14.6. The number of H-pyrrole nitrogens is 1. The van der Waals surface area contributed by atoms with Gasteiger partial charge >= 0.3 is 5.69 Å². The second-order valence-corrected chi connectivity index (χ2v) is 6.70. The molecule has 3 unspecified atom stereocenters. The minimum Gasteiger partial charge on any atom is -0.390 e. The first-order chi connectivity index (χ1) is 12.9. The van der Waals surface area contributed by atoms with E-state index in [2.05, 4.69) is 10.3 Å². The van der Waals surface area contributed by atoms with E-state index in [-0.39, 0.29) is 18.9 Å². The Bertz CT molecular complexity index is 954. The van der Waals surface area contributed by atoms with Crippen molar-refractivity contribution in [2.24, 2.45) is 0 Å². The van der Waals surface area contributed by atoms with Crippen LogP contribution < -0.4 is 16.6 Å². The van der Waals surface area contributed by atoms with E-state index in [9.17, 15) is 19.5 Å². The number of hydrogen-bond donors (Lipinski definition) is 3. The van der Waals surface area contributed by atoms with Gasteiger partial charge in [0.25, 0.3) is 11.5 Å². The lowest BCUT2D eigenvalue weighted by atomic mass is 10.1. The lowest BCUT2D eigenvalue weighted by Crippen LogP contribution is -2.37. The highest BCUT2D eigenvalue weighted by molar-refractivity contribution is 6.33. The summed E-state index contributed by atoms with van der Waals surface area (Å²) in [6.07, 6.45) is -0.208. The monoisotopic (exact) mass is 393 g/mol.